The summed E-state index contributed by atoms with van der Waals surface area (Å²) in [7, 11) is 0. The maximum Gasteiger partial charge on any atom is 0.122 e. The lowest BCUT2D eigenvalue weighted by molar-refractivity contribution is 0.296. The molecule has 0 unspecified atom stereocenters. The van der Waals surface area contributed by atoms with E-state index in [4.69, 9.17) is 4.74 Å². The van der Waals surface area contributed by atoms with E-state index in [1.54, 1.807) is 0 Å². The molecule has 2 nitrogen and oxygen atoms in total. The third-order valence-electron chi connectivity index (χ3n) is 3.27. The van der Waals surface area contributed by atoms with E-state index >= 15 is 0 Å². The maximum absolute atomic E-state index is 5.88. The number of hydrogen-bond acceptors (Lipinski definition) is 2. The molecule has 0 bridgehead atoms. The first-order valence-electron chi connectivity index (χ1n) is 7.58. The lowest BCUT2D eigenvalue weighted by Crippen LogP contribution is -2.36. The zero-order valence-electron chi connectivity index (χ0n) is 14.3. The van der Waals surface area contributed by atoms with Crippen molar-refractivity contribution in [1.82, 2.24) is 5.32 Å². The van der Waals surface area contributed by atoms with Crippen LogP contribution in [0.3, 0.4) is 0 Å². The van der Waals surface area contributed by atoms with Gasteiger partial charge in [0.15, 0.2) is 0 Å². The molecule has 0 saturated heterocycles. The summed E-state index contributed by atoms with van der Waals surface area (Å²) < 4.78 is 5.88. The number of benzene rings is 1. The average Bonchev–Trinajstić information content (AvgIpc) is 2.27. The van der Waals surface area contributed by atoms with Crippen molar-refractivity contribution >= 4 is 0 Å². The fraction of sp³-hybridized carbons (Fsp3) is 0.667. The normalized spacial score (nSPS) is 12.6. The number of rotatable bonds is 5. The Hall–Kier alpha value is -1.02. The molecule has 1 aromatic rings. The van der Waals surface area contributed by atoms with Crippen LogP contribution in [0.2, 0.25) is 0 Å². The zero-order chi connectivity index (χ0) is 15.4. The molecule has 0 atom stereocenters. The molecule has 0 aromatic heterocycles. The first-order chi connectivity index (χ1) is 9.09. The summed E-state index contributed by atoms with van der Waals surface area (Å²) in [4.78, 5) is 0. The third-order valence-corrected chi connectivity index (χ3v) is 3.27. The van der Waals surface area contributed by atoms with Crippen LogP contribution in [0.1, 0.15) is 59.1 Å². The molecule has 0 radical (unpaired) electrons. The van der Waals surface area contributed by atoms with Crippen LogP contribution in [0.25, 0.3) is 0 Å². The number of hydrogen-bond donors (Lipinski definition) is 1. The van der Waals surface area contributed by atoms with Gasteiger partial charge in [-0.3, -0.25) is 0 Å². The first kappa shape index (κ1) is 17.0. The Balaban J connectivity index is 2.46. The van der Waals surface area contributed by atoms with Gasteiger partial charge in [0.1, 0.15) is 5.75 Å². The standard InChI is InChI=1S/C18H31NO/c1-14-13-15(17(2,3)4)9-10-16(14)20-12-8-11-19-18(5,6)7/h9-10,13,19H,8,11-12H2,1-7H3. The van der Waals surface area contributed by atoms with Gasteiger partial charge in [-0.25, -0.2) is 0 Å². The molecule has 1 rings (SSSR count). The van der Waals surface area contributed by atoms with Crippen molar-refractivity contribution in [3.8, 4) is 5.75 Å². The molecule has 0 heterocycles. The smallest absolute Gasteiger partial charge is 0.122 e. The lowest BCUT2D eigenvalue weighted by atomic mass is 9.86. The Morgan fingerprint density at radius 2 is 1.70 bits per heavy atom. The van der Waals surface area contributed by atoms with Gasteiger partial charge in [-0.05, 0) is 63.3 Å². The molecule has 1 N–H and O–H groups in total. The van der Waals surface area contributed by atoms with Gasteiger partial charge in [-0.2, -0.15) is 0 Å². The SMILES string of the molecule is Cc1cc(C(C)(C)C)ccc1OCCCNC(C)(C)C. The quantitative estimate of drug-likeness (QED) is 0.803. The van der Waals surface area contributed by atoms with E-state index < -0.39 is 0 Å². The summed E-state index contributed by atoms with van der Waals surface area (Å²) in [5.74, 6) is 1.01. The van der Waals surface area contributed by atoms with E-state index in [0.29, 0.717) is 0 Å². The van der Waals surface area contributed by atoms with Gasteiger partial charge in [-0.1, -0.05) is 32.9 Å². The highest BCUT2D eigenvalue weighted by Gasteiger charge is 2.14. The summed E-state index contributed by atoms with van der Waals surface area (Å²) in [5, 5.41) is 3.47. The van der Waals surface area contributed by atoms with Gasteiger partial charge in [0.2, 0.25) is 0 Å². The highest BCUT2D eigenvalue weighted by Crippen LogP contribution is 2.27. The molecule has 0 aliphatic rings. The largest absolute Gasteiger partial charge is 0.493 e. The molecule has 1 aromatic carbocycles. The topological polar surface area (TPSA) is 21.3 Å². The van der Waals surface area contributed by atoms with Crippen LogP contribution >= 0.6 is 0 Å². The first-order valence-corrected chi connectivity index (χ1v) is 7.58. The lowest BCUT2D eigenvalue weighted by Gasteiger charge is -2.21. The Kier molecular flexibility index (Phi) is 5.64. The van der Waals surface area contributed by atoms with E-state index in [9.17, 15) is 0 Å². The number of aryl methyl sites for hydroxylation is 1. The van der Waals surface area contributed by atoms with E-state index in [2.05, 4.69) is 72.0 Å². The van der Waals surface area contributed by atoms with Crippen LogP contribution in [0.15, 0.2) is 18.2 Å². The molecule has 0 fully saturated rings. The molecule has 0 saturated carbocycles. The summed E-state index contributed by atoms with van der Waals surface area (Å²) in [6, 6.07) is 6.52. The van der Waals surface area contributed by atoms with Gasteiger partial charge >= 0.3 is 0 Å². The number of nitrogens with one attached hydrogen (secondary N) is 1. The minimum atomic E-state index is 0.185. The Morgan fingerprint density at radius 3 is 2.20 bits per heavy atom. The molecule has 0 spiro atoms. The molecule has 0 amide bonds. The van der Waals surface area contributed by atoms with E-state index in [-0.39, 0.29) is 11.0 Å². The fourth-order valence-electron chi connectivity index (χ4n) is 2.00. The summed E-state index contributed by atoms with van der Waals surface area (Å²) in [6.45, 7) is 17.1. The summed E-state index contributed by atoms with van der Waals surface area (Å²) >= 11 is 0. The Bertz CT molecular complexity index is 424. The molecule has 0 aliphatic carbocycles. The summed E-state index contributed by atoms with van der Waals surface area (Å²) in [6.07, 6.45) is 1.03. The van der Waals surface area contributed by atoms with Gasteiger partial charge in [0, 0.05) is 5.54 Å². The van der Waals surface area contributed by atoms with Crippen molar-refractivity contribution in [2.75, 3.05) is 13.2 Å². The highest BCUT2D eigenvalue weighted by atomic mass is 16.5. The third kappa shape index (κ3) is 5.96. The van der Waals surface area contributed by atoms with Crippen molar-refractivity contribution in [3.05, 3.63) is 29.3 Å². The second-order valence-corrected chi connectivity index (χ2v) is 7.61. The van der Waals surface area contributed by atoms with Crippen LogP contribution < -0.4 is 10.1 Å². The summed E-state index contributed by atoms with van der Waals surface area (Å²) in [5.41, 5.74) is 2.96. The van der Waals surface area contributed by atoms with Crippen molar-refractivity contribution in [2.24, 2.45) is 0 Å². The van der Waals surface area contributed by atoms with Crippen molar-refractivity contribution in [1.29, 1.82) is 0 Å². The maximum atomic E-state index is 5.88. The van der Waals surface area contributed by atoms with E-state index in [1.165, 1.54) is 11.1 Å². The predicted molar refractivity (Wildman–Crippen MR) is 87.7 cm³/mol. The zero-order valence-corrected chi connectivity index (χ0v) is 14.3. The minimum absolute atomic E-state index is 0.185. The highest BCUT2D eigenvalue weighted by molar-refractivity contribution is 5.38. The van der Waals surface area contributed by atoms with Crippen molar-refractivity contribution in [2.45, 2.75) is 65.8 Å². The van der Waals surface area contributed by atoms with Gasteiger partial charge < -0.3 is 10.1 Å². The van der Waals surface area contributed by atoms with Crippen LogP contribution in [-0.2, 0) is 5.41 Å². The Labute approximate surface area is 124 Å². The second-order valence-electron chi connectivity index (χ2n) is 7.61. The predicted octanol–water partition coefficient (Wildman–Crippen LogP) is 4.45. The van der Waals surface area contributed by atoms with E-state index in [1.807, 2.05) is 0 Å². The van der Waals surface area contributed by atoms with E-state index in [0.717, 1.165) is 25.3 Å². The Morgan fingerprint density at radius 1 is 1.05 bits per heavy atom. The monoisotopic (exact) mass is 277 g/mol. The van der Waals surface area contributed by atoms with Crippen LogP contribution in [0.4, 0.5) is 0 Å². The van der Waals surface area contributed by atoms with Crippen LogP contribution in [0.5, 0.6) is 5.75 Å². The molecule has 20 heavy (non-hydrogen) atoms. The van der Waals surface area contributed by atoms with Crippen molar-refractivity contribution < 1.29 is 4.74 Å². The van der Waals surface area contributed by atoms with Crippen molar-refractivity contribution in [3.63, 3.8) is 0 Å². The number of ether oxygens (including phenoxy) is 1. The van der Waals surface area contributed by atoms with Gasteiger partial charge in [-0.15, -0.1) is 0 Å². The van der Waals surface area contributed by atoms with Crippen LogP contribution in [-0.4, -0.2) is 18.7 Å². The molecule has 2 heteroatoms. The molecular formula is C18H31NO. The minimum Gasteiger partial charge on any atom is -0.493 e. The van der Waals surface area contributed by atoms with Crippen LogP contribution in [0, 0.1) is 6.92 Å². The molecule has 0 aliphatic heterocycles. The van der Waals surface area contributed by atoms with Gasteiger partial charge in [0.25, 0.3) is 0 Å². The average molecular weight is 277 g/mol. The molecule has 114 valence electrons. The second kappa shape index (κ2) is 6.62. The molecular weight excluding hydrogens is 246 g/mol. The fourth-order valence-corrected chi connectivity index (χ4v) is 2.00. The van der Waals surface area contributed by atoms with Gasteiger partial charge in [0.05, 0.1) is 6.61 Å².